The highest BCUT2D eigenvalue weighted by Gasteiger charge is 2.32. The predicted molar refractivity (Wildman–Crippen MR) is 139 cm³/mol. The fourth-order valence-electron chi connectivity index (χ4n) is 4.36. The van der Waals surface area contributed by atoms with Gasteiger partial charge in [0, 0.05) is 42.3 Å². The van der Waals surface area contributed by atoms with Crippen molar-refractivity contribution in [3.63, 3.8) is 0 Å². The fourth-order valence-corrected chi connectivity index (χ4v) is 6.26. The highest BCUT2D eigenvalue weighted by Crippen LogP contribution is 2.52. The summed E-state index contributed by atoms with van der Waals surface area (Å²) in [5, 5.41) is 0.461. The Morgan fingerprint density at radius 3 is 2.36 bits per heavy atom. The molecule has 0 saturated carbocycles. The number of carbonyl (C=O) groups excluding carboxylic acids is 1. The van der Waals surface area contributed by atoms with E-state index in [4.69, 9.17) is 25.4 Å². The van der Waals surface area contributed by atoms with Crippen LogP contribution in [0.3, 0.4) is 0 Å². The minimum Gasteiger partial charge on any atom is -0.483 e. The number of carbonyl (C=O) groups is 1. The van der Waals surface area contributed by atoms with Gasteiger partial charge < -0.3 is 18.7 Å². The molecule has 1 aliphatic heterocycles. The molecule has 36 heavy (non-hydrogen) atoms. The highest BCUT2D eigenvalue weighted by molar-refractivity contribution is 7.53. The zero-order valence-electron chi connectivity index (χ0n) is 21.3. The summed E-state index contributed by atoms with van der Waals surface area (Å²) < 4.78 is 43.0. The first-order valence-corrected chi connectivity index (χ1v) is 14.3. The minimum absolute atomic E-state index is 0.00569. The van der Waals surface area contributed by atoms with E-state index in [0.29, 0.717) is 36.0 Å². The van der Waals surface area contributed by atoms with Crippen molar-refractivity contribution in [1.29, 1.82) is 0 Å². The van der Waals surface area contributed by atoms with Crippen LogP contribution in [0, 0.1) is 5.82 Å². The average molecular weight is 541 g/mol. The molecule has 2 aromatic carbocycles. The summed E-state index contributed by atoms with van der Waals surface area (Å²) in [4.78, 5) is 17.2. The van der Waals surface area contributed by atoms with Crippen molar-refractivity contribution in [2.45, 2.75) is 52.5 Å². The van der Waals surface area contributed by atoms with Crippen LogP contribution in [0.5, 0.6) is 5.75 Å². The first-order chi connectivity index (χ1) is 17.1. The van der Waals surface area contributed by atoms with Gasteiger partial charge in [-0.3, -0.25) is 14.3 Å². The molecule has 1 heterocycles. The SMILES string of the molecule is CCOP(=O)(Cc1cc(Cl)ccc1OCC(=O)N1C[C@H](C)N(Cc2ccc(F)cc2)C[C@@H]1C)OCC. The average Bonchev–Trinajstić information content (AvgIpc) is 2.82. The molecule has 2 atom stereocenters. The van der Waals surface area contributed by atoms with Crippen LogP contribution in [0.2, 0.25) is 5.02 Å². The van der Waals surface area contributed by atoms with Gasteiger partial charge in [0.1, 0.15) is 11.6 Å². The second kappa shape index (κ2) is 13.0. The number of halogens is 2. The van der Waals surface area contributed by atoms with Crippen molar-refractivity contribution in [3.05, 3.63) is 64.4 Å². The summed E-state index contributed by atoms with van der Waals surface area (Å²) in [7, 11) is -3.38. The monoisotopic (exact) mass is 540 g/mol. The van der Waals surface area contributed by atoms with Gasteiger partial charge in [-0.1, -0.05) is 23.7 Å². The zero-order chi connectivity index (χ0) is 26.3. The summed E-state index contributed by atoms with van der Waals surface area (Å²) in [6.45, 7) is 9.87. The second-order valence-corrected chi connectivity index (χ2v) is 11.4. The number of piperazine rings is 1. The largest absolute Gasteiger partial charge is 0.483 e. The van der Waals surface area contributed by atoms with Gasteiger partial charge in [-0.2, -0.15) is 0 Å². The zero-order valence-corrected chi connectivity index (χ0v) is 22.9. The number of rotatable bonds is 11. The highest BCUT2D eigenvalue weighted by atomic mass is 35.5. The summed E-state index contributed by atoms with van der Waals surface area (Å²) >= 11 is 6.17. The topological polar surface area (TPSA) is 68.3 Å². The smallest absolute Gasteiger partial charge is 0.335 e. The molecule has 0 radical (unpaired) electrons. The van der Waals surface area contributed by atoms with Gasteiger partial charge in [0.05, 0.1) is 19.4 Å². The molecule has 1 amide bonds. The normalized spacial score (nSPS) is 18.9. The van der Waals surface area contributed by atoms with Crippen LogP contribution in [0.1, 0.15) is 38.8 Å². The molecule has 7 nitrogen and oxygen atoms in total. The molecule has 198 valence electrons. The van der Waals surface area contributed by atoms with Crippen LogP contribution in [-0.2, 0) is 31.1 Å². The Morgan fingerprint density at radius 1 is 1.06 bits per heavy atom. The molecule has 0 aliphatic carbocycles. The standard InChI is InChI=1S/C26H35ClFN2O5P/c1-5-34-36(32,35-6-2)18-22-13-23(27)9-12-25(22)33-17-26(31)30-15-19(3)29(14-20(30)4)16-21-7-10-24(28)11-8-21/h7-13,19-20H,5-6,14-18H2,1-4H3/t19-,20-/m0/s1. The van der Waals surface area contributed by atoms with Crippen LogP contribution in [0.25, 0.3) is 0 Å². The Bertz CT molecular complexity index is 1060. The van der Waals surface area contributed by atoms with E-state index in [-0.39, 0.29) is 49.8 Å². The Hall–Kier alpha value is -1.96. The number of hydrogen-bond acceptors (Lipinski definition) is 6. The summed E-state index contributed by atoms with van der Waals surface area (Å²) in [5.41, 5.74) is 1.59. The van der Waals surface area contributed by atoms with E-state index in [1.807, 2.05) is 11.8 Å². The molecular formula is C26H35ClFN2O5P. The lowest BCUT2D eigenvalue weighted by Gasteiger charge is -2.44. The maximum Gasteiger partial charge on any atom is 0.335 e. The molecule has 10 heteroatoms. The summed E-state index contributed by atoms with van der Waals surface area (Å²) in [6, 6.07) is 11.6. The maximum atomic E-state index is 13.2. The molecule has 1 aliphatic rings. The van der Waals surface area contributed by atoms with Crippen LogP contribution in [0.4, 0.5) is 4.39 Å². The van der Waals surface area contributed by atoms with E-state index < -0.39 is 7.60 Å². The van der Waals surface area contributed by atoms with Crippen molar-refractivity contribution in [2.75, 3.05) is 32.9 Å². The second-order valence-electron chi connectivity index (χ2n) is 8.95. The molecule has 0 spiro atoms. The van der Waals surface area contributed by atoms with Crippen molar-refractivity contribution < 1.29 is 27.5 Å². The third kappa shape index (κ3) is 7.77. The molecule has 1 fully saturated rings. The number of nitrogens with zero attached hydrogens (tertiary/aromatic N) is 2. The Balaban J connectivity index is 1.63. The quantitative estimate of drug-likeness (QED) is 0.338. The van der Waals surface area contributed by atoms with Crippen LogP contribution in [-0.4, -0.2) is 60.7 Å². The van der Waals surface area contributed by atoms with E-state index in [2.05, 4.69) is 11.8 Å². The fraction of sp³-hybridized carbons (Fsp3) is 0.500. The first-order valence-electron chi connectivity index (χ1n) is 12.2. The molecule has 0 N–H and O–H groups in total. The number of amides is 1. The lowest BCUT2D eigenvalue weighted by Crippen LogP contribution is -2.58. The van der Waals surface area contributed by atoms with Gasteiger partial charge in [-0.05, 0) is 63.6 Å². The van der Waals surface area contributed by atoms with Crippen molar-refractivity contribution >= 4 is 25.1 Å². The lowest BCUT2D eigenvalue weighted by atomic mass is 10.1. The lowest BCUT2D eigenvalue weighted by molar-refractivity contribution is -0.139. The molecule has 0 aromatic heterocycles. The van der Waals surface area contributed by atoms with Gasteiger partial charge in [-0.15, -0.1) is 0 Å². The predicted octanol–water partition coefficient (Wildman–Crippen LogP) is 5.75. The van der Waals surface area contributed by atoms with Crippen LogP contribution in [0.15, 0.2) is 42.5 Å². The van der Waals surface area contributed by atoms with E-state index in [0.717, 1.165) is 5.56 Å². The van der Waals surface area contributed by atoms with Crippen molar-refractivity contribution in [2.24, 2.45) is 0 Å². The Morgan fingerprint density at radius 2 is 1.72 bits per heavy atom. The molecule has 3 rings (SSSR count). The Labute approximate surface area is 218 Å². The Kier molecular flexibility index (Phi) is 10.3. The third-order valence-corrected chi connectivity index (χ3v) is 8.39. The van der Waals surface area contributed by atoms with Gasteiger partial charge in [0.15, 0.2) is 6.61 Å². The molecular weight excluding hydrogens is 506 g/mol. The third-order valence-electron chi connectivity index (χ3n) is 6.12. The molecule has 0 unspecified atom stereocenters. The summed E-state index contributed by atoms with van der Waals surface area (Å²) in [6.07, 6.45) is -0.00569. The number of hydrogen-bond donors (Lipinski definition) is 0. The van der Waals surface area contributed by atoms with Crippen molar-refractivity contribution in [3.8, 4) is 5.75 Å². The number of benzene rings is 2. The van der Waals surface area contributed by atoms with Crippen LogP contribution < -0.4 is 4.74 Å². The van der Waals surface area contributed by atoms with E-state index >= 15 is 0 Å². The van der Waals surface area contributed by atoms with Crippen molar-refractivity contribution in [1.82, 2.24) is 9.80 Å². The van der Waals surface area contributed by atoms with E-state index in [1.54, 1.807) is 44.2 Å². The molecule has 0 bridgehead atoms. The number of ether oxygens (including phenoxy) is 1. The van der Waals surface area contributed by atoms with Gasteiger partial charge in [0.25, 0.3) is 5.91 Å². The first kappa shape index (κ1) is 28.6. The van der Waals surface area contributed by atoms with E-state index in [9.17, 15) is 13.8 Å². The molecule has 1 saturated heterocycles. The minimum atomic E-state index is -3.38. The van der Waals surface area contributed by atoms with Gasteiger partial charge in [0.2, 0.25) is 0 Å². The maximum absolute atomic E-state index is 13.2. The molecule has 2 aromatic rings. The van der Waals surface area contributed by atoms with Crippen LogP contribution >= 0.6 is 19.2 Å². The summed E-state index contributed by atoms with van der Waals surface area (Å²) in [5.74, 6) is 0.0375. The van der Waals surface area contributed by atoms with E-state index in [1.165, 1.54) is 12.1 Å². The van der Waals surface area contributed by atoms with Gasteiger partial charge >= 0.3 is 7.60 Å². The van der Waals surface area contributed by atoms with Gasteiger partial charge in [-0.25, -0.2) is 4.39 Å².